The third-order valence-corrected chi connectivity index (χ3v) is 5.75. The van der Waals surface area contributed by atoms with Gasteiger partial charge in [-0.25, -0.2) is 0 Å². The van der Waals surface area contributed by atoms with Gasteiger partial charge in [-0.05, 0) is 55.6 Å². The van der Waals surface area contributed by atoms with Crippen molar-refractivity contribution >= 4 is 32.3 Å². The van der Waals surface area contributed by atoms with Crippen molar-refractivity contribution in [3.63, 3.8) is 0 Å². The van der Waals surface area contributed by atoms with Crippen LogP contribution in [-0.4, -0.2) is 22.4 Å². The minimum absolute atomic E-state index is 0.107. The molecule has 3 heteroatoms. The molecule has 4 aromatic rings. The molecule has 0 bridgehead atoms. The van der Waals surface area contributed by atoms with Gasteiger partial charge in [0.05, 0.1) is 0 Å². The molecule has 122 valence electrons. The van der Waals surface area contributed by atoms with Gasteiger partial charge in [0.2, 0.25) is 0 Å². The van der Waals surface area contributed by atoms with E-state index in [1.807, 2.05) is 12.1 Å². The van der Waals surface area contributed by atoms with Crippen molar-refractivity contribution < 1.29 is 14.9 Å². The molecule has 2 aliphatic rings. The highest BCUT2D eigenvalue weighted by Gasteiger charge is 2.54. The molecule has 1 fully saturated rings. The van der Waals surface area contributed by atoms with E-state index in [1.54, 1.807) is 0 Å². The number of fused-ring (bicyclic) bond motifs is 8. The highest BCUT2D eigenvalue weighted by molar-refractivity contribution is 6.12. The first-order chi connectivity index (χ1) is 12.2. The van der Waals surface area contributed by atoms with Crippen LogP contribution in [0.4, 0.5) is 0 Å². The van der Waals surface area contributed by atoms with E-state index in [0.717, 1.165) is 21.9 Å². The molecule has 3 nitrogen and oxygen atoms in total. The minimum Gasteiger partial charge on any atom is -0.387 e. The summed E-state index contributed by atoms with van der Waals surface area (Å²) in [6, 6.07) is 21.1. The molecule has 0 radical (unpaired) electrons. The fourth-order valence-corrected chi connectivity index (χ4v) is 4.42. The number of benzene rings is 4. The second-order valence-corrected chi connectivity index (χ2v) is 7.11. The van der Waals surface area contributed by atoms with Gasteiger partial charge in [-0.15, -0.1) is 0 Å². The Bertz CT molecular complexity index is 1180. The zero-order valence-electron chi connectivity index (χ0n) is 13.4. The largest absolute Gasteiger partial charge is 0.387 e. The van der Waals surface area contributed by atoms with E-state index in [1.165, 1.54) is 21.5 Å². The van der Waals surface area contributed by atoms with Crippen LogP contribution in [0.15, 0.2) is 60.7 Å². The molecule has 4 aromatic carbocycles. The number of epoxide rings is 1. The summed E-state index contributed by atoms with van der Waals surface area (Å²) in [5.74, 6) is 0. The van der Waals surface area contributed by atoms with Gasteiger partial charge < -0.3 is 14.9 Å². The molecule has 2 N–H and O–H groups in total. The maximum absolute atomic E-state index is 10.4. The summed E-state index contributed by atoms with van der Waals surface area (Å²) in [5.41, 5.74) is 1.83. The van der Waals surface area contributed by atoms with E-state index >= 15 is 0 Å². The second kappa shape index (κ2) is 4.58. The van der Waals surface area contributed by atoms with Crippen LogP contribution >= 0.6 is 0 Å². The van der Waals surface area contributed by atoms with Crippen molar-refractivity contribution in [1.82, 2.24) is 0 Å². The predicted molar refractivity (Wildman–Crippen MR) is 97.5 cm³/mol. The molecule has 0 saturated carbocycles. The Labute approximate surface area is 144 Å². The van der Waals surface area contributed by atoms with Gasteiger partial charge in [0.15, 0.2) is 0 Å². The van der Waals surface area contributed by atoms with Crippen LogP contribution in [0.25, 0.3) is 32.3 Å². The van der Waals surface area contributed by atoms with Gasteiger partial charge in [-0.1, -0.05) is 48.5 Å². The predicted octanol–water partition coefficient (Wildman–Crippen LogP) is 3.99. The molecule has 25 heavy (non-hydrogen) atoms. The van der Waals surface area contributed by atoms with Crippen LogP contribution in [0, 0.1) is 0 Å². The highest BCUT2D eigenvalue weighted by atomic mass is 16.6. The average molecular weight is 328 g/mol. The van der Waals surface area contributed by atoms with E-state index in [0.29, 0.717) is 0 Å². The van der Waals surface area contributed by atoms with Crippen LogP contribution in [0.5, 0.6) is 0 Å². The van der Waals surface area contributed by atoms with Crippen LogP contribution in [0.2, 0.25) is 0 Å². The molecule has 0 aromatic heterocycles. The number of rotatable bonds is 0. The Balaban J connectivity index is 1.75. The van der Waals surface area contributed by atoms with Crippen molar-refractivity contribution in [1.29, 1.82) is 0 Å². The summed E-state index contributed by atoms with van der Waals surface area (Å²) >= 11 is 0. The molecular formula is C22H16O3. The third kappa shape index (κ3) is 1.75. The molecule has 1 saturated heterocycles. The average Bonchev–Trinajstić information content (AvgIpc) is 3.44. The van der Waals surface area contributed by atoms with Crippen LogP contribution in [-0.2, 0) is 4.74 Å². The lowest BCUT2D eigenvalue weighted by molar-refractivity contribution is 0.000106. The van der Waals surface area contributed by atoms with Crippen LogP contribution in [0.1, 0.15) is 23.3 Å². The molecule has 0 spiro atoms. The molecule has 0 unspecified atom stereocenters. The van der Waals surface area contributed by atoms with Crippen molar-refractivity contribution in [2.24, 2.45) is 0 Å². The Hall–Kier alpha value is -2.46. The molecular weight excluding hydrogens is 312 g/mol. The quantitative estimate of drug-likeness (QED) is 0.291. The van der Waals surface area contributed by atoms with E-state index in [9.17, 15) is 10.2 Å². The fraction of sp³-hybridized carbons (Fsp3) is 0.182. The van der Waals surface area contributed by atoms with E-state index < -0.39 is 12.2 Å². The number of ether oxygens (including phenoxy) is 1. The fourth-order valence-electron chi connectivity index (χ4n) is 4.42. The Morgan fingerprint density at radius 1 is 0.720 bits per heavy atom. The first kappa shape index (κ1) is 13.8. The maximum atomic E-state index is 10.4. The Kier molecular flexibility index (Phi) is 2.53. The van der Waals surface area contributed by atoms with Gasteiger partial charge in [-0.2, -0.15) is 0 Å². The van der Waals surface area contributed by atoms with Crippen LogP contribution in [0.3, 0.4) is 0 Å². The summed E-state index contributed by atoms with van der Waals surface area (Å²) in [7, 11) is 0. The normalized spacial score (nSPS) is 27.4. The number of hydrogen-bond donors (Lipinski definition) is 2. The summed E-state index contributed by atoms with van der Waals surface area (Å²) in [5, 5.41) is 27.7. The monoisotopic (exact) mass is 328 g/mol. The lowest BCUT2D eigenvalue weighted by Gasteiger charge is -2.24. The SMILES string of the molecule is O[C@H]1[C@H]2O[C@H]2c2c(ccc3cc4ccc5ccccc5c4cc23)[C@@H]1O. The summed E-state index contributed by atoms with van der Waals surface area (Å²) in [6.07, 6.45) is -2.11. The van der Waals surface area contributed by atoms with Crippen molar-refractivity contribution in [2.45, 2.75) is 24.4 Å². The Morgan fingerprint density at radius 3 is 2.40 bits per heavy atom. The zero-order chi connectivity index (χ0) is 16.7. The smallest absolute Gasteiger partial charge is 0.118 e. The van der Waals surface area contributed by atoms with Gasteiger partial charge in [0, 0.05) is 0 Å². The van der Waals surface area contributed by atoms with Gasteiger partial charge in [-0.3, -0.25) is 0 Å². The van der Waals surface area contributed by atoms with Crippen molar-refractivity contribution in [3.8, 4) is 0 Å². The lowest BCUT2D eigenvalue weighted by Crippen LogP contribution is -2.29. The first-order valence-corrected chi connectivity index (χ1v) is 8.62. The number of hydrogen-bond acceptors (Lipinski definition) is 3. The van der Waals surface area contributed by atoms with E-state index in [2.05, 4.69) is 48.5 Å². The lowest BCUT2D eigenvalue weighted by atomic mass is 9.83. The van der Waals surface area contributed by atoms with Crippen LogP contribution < -0.4 is 0 Å². The molecule has 6 rings (SSSR count). The van der Waals surface area contributed by atoms with Gasteiger partial charge in [0.1, 0.15) is 24.4 Å². The summed E-state index contributed by atoms with van der Waals surface area (Å²) in [4.78, 5) is 0. The third-order valence-electron chi connectivity index (χ3n) is 5.75. The van der Waals surface area contributed by atoms with Gasteiger partial charge >= 0.3 is 0 Å². The molecule has 0 amide bonds. The van der Waals surface area contributed by atoms with Crippen molar-refractivity contribution in [3.05, 3.63) is 71.8 Å². The van der Waals surface area contributed by atoms with E-state index in [4.69, 9.17) is 4.74 Å². The summed E-state index contributed by atoms with van der Waals surface area (Å²) < 4.78 is 5.68. The Morgan fingerprint density at radius 2 is 1.48 bits per heavy atom. The highest BCUT2D eigenvalue weighted by Crippen LogP contribution is 2.53. The first-order valence-electron chi connectivity index (χ1n) is 8.62. The maximum Gasteiger partial charge on any atom is 0.118 e. The standard InChI is InChI=1S/C22H16O3/c23-19-15-8-7-13-9-12-6-5-11-3-1-2-4-14(11)16(12)10-17(13)18(15)21-22(25-21)20(19)24/h1-10,19-24H/t19-,20+,21-,22+/m0/s1. The number of aliphatic hydroxyl groups excluding tert-OH is 2. The molecule has 1 heterocycles. The topological polar surface area (TPSA) is 53.0 Å². The van der Waals surface area contributed by atoms with Crippen molar-refractivity contribution in [2.75, 3.05) is 0 Å². The second-order valence-electron chi connectivity index (χ2n) is 7.11. The molecule has 1 aliphatic heterocycles. The zero-order valence-corrected chi connectivity index (χ0v) is 13.4. The minimum atomic E-state index is -0.883. The number of aliphatic hydroxyl groups is 2. The van der Waals surface area contributed by atoms with Gasteiger partial charge in [0.25, 0.3) is 0 Å². The summed E-state index contributed by atoms with van der Waals surface area (Å²) in [6.45, 7) is 0. The van der Waals surface area contributed by atoms with E-state index in [-0.39, 0.29) is 12.2 Å². The molecule has 1 aliphatic carbocycles. The molecule has 4 atom stereocenters.